The van der Waals surface area contributed by atoms with Crippen LogP contribution in [0.25, 0.3) is 0 Å². The van der Waals surface area contributed by atoms with Gasteiger partial charge in [0, 0.05) is 19.8 Å². The molecular weight excluding hydrogens is 418 g/mol. The van der Waals surface area contributed by atoms with Crippen molar-refractivity contribution < 1.29 is 31.9 Å². The largest absolute Gasteiger partial charge is 0.416 e. The molecular formula is C21H21F4N3O3. The summed E-state index contributed by atoms with van der Waals surface area (Å²) in [5, 5.41) is 4.68. The van der Waals surface area contributed by atoms with Gasteiger partial charge in [0.25, 0.3) is 0 Å². The van der Waals surface area contributed by atoms with Crippen molar-refractivity contribution >= 4 is 17.7 Å². The van der Waals surface area contributed by atoms with Crippen LogP contribution < -0.4 is 16.4 Å². The summed E-state index contributed by atoms with van der Waals surface area (Å²) >= 11 is 0. The Labute approximate surface area is 175 Å². The van der Waals surface area contributed by atoms with E-state index in [1.807, 2.05) is 0 Å². The quantitative estimate of drug-likeness (QED) is 0.549. The molecule has 166 valence electrons. The highest BCUT2D eigenvalue weighted by Gasteiger charge is 2.34. The predicted octanol–water partition coefficient (Wildman–Crippen LogP) is 2.10. The van der Waals surface area contributed by atoms with Crippen LogP contribution in [-0.4, -0.2) is 29.8 Å². The maximum Gasteiger partial charge on any atom is 0.416 e. The van der Waals surface area contributed by atoms with Gasteiger partial charge in [0.05, 0.1) is 5.56 Å². The Bertz CT molecular complexity index is 963. The summed E-state index contributed by atoms with van der Waals surface area (Å²) in [5.74, 6) is -2.99. The number of alkyl halides is 3. The summed E-state index contributed by atoms with van der Waals surface area (Å²) in [6.45, 7) is 1.16. The van der Waals surface area contributed by atoms with E-state index < -0.39 is 53.8 Å². The highest BCUT2D eigenvalue weighted by atomic mass is 19.4. The second-order valence-electron chi connectivity index (χ2n) is 6.91. The molecule has 0 aliphatic heterocycles. The Kier molecular flexibility index (Phi) is 7.73. The first kappa shape index (κ1) is 23.8. The highest BCUT2D eigenvalue weighted by molar-refractivity contribution is 5.91. The number of carbonyl (C=O) groups excluding carboxylic acids is 3. The lowest BCUT2D eigenvalue weighted by Crippen LogP contribution is -2.54. The lowest BCUT2D eigenvalue weighted by molar-refractivity contribution is -0.138. The SMILES string of the molecule is CC(=O)N[C@H](Cc1cccc(F)c1)C(=O)N[C@H](Cc1ccccc1C(F)(F)F)C(N)=O. The number of rotatable bonds is 8. The number of hydrogen-bond donors (Lipinski definition) is 3. The zero-order valence-corrected chi connectivity index (χ0v) is 16.5. The average Bonchev–Trinajstić information content (AvgIpc) is 2.66. The summed E-state index contributed by atoms with van der Waals surface area (Å²) in [5.41, 5.74) is 4.52. The van der Waals surface area contributed by atoms with Crippen LogP contribution in [-0.2, 0) is 33.4 Å². The first-order valence-electron chi connectivity index (χ1n) is 9.23. The van der Waals surface area contributed by atoms with Crippen LogP contribution in [0.1, 0.15) is 23.6 Å². The van der Waals surface area contributed by atoms with E-state index in [1.54, 1.807) is 0 Å². The number of nitrogens with one attached hydrogen (secondary N) is 2. The van der Waals surface area contributed by atoms with Crippen LogP contribution in [0.4, 0.5) is 17.6 Å². The number of amides is 3. The van der Waals surface area contributed by atoms with Gasteiger partial charge in [-0.05, 0) is 29.3 Å². The van der Waals surface area contributed by atoms with Crippen molar-refractivity contribution in [3.05, 3.63) is 71.0 Å². The molecule has 2 rings (SSSR count). The monoisotopic (exact) mass is 439 g/mol. The second kappa shape index (κ2) is 10.1. The Hall–Kier alpha value is -3.43. The molecule has 2 atom stereocenters. The van der Waals surface area contributed by atoms with Gasteiger partial charge >= 0.3 is 6.18 Å². The molecule has 2 aromatic rings. The molecule has 0 aliphatic rings. The molecule has 6 nitrogen and oxygen atoms in total. The van der Waals surface area contributed by atoms with Gasteiger partial charge in [-0.3, -0.25) is 14.4 Å². The smallest absolute Gasteiger partial charge is 0.368 e. The van der Waals surface area contributed by atoms with E-state index >= 15 is 0 Å². The molecule has 0 fully saturated rings. The number of benzene rings is 2. The standard InChI is InChI=1S/C21H21F4N3O3/c1-12(29)27-18(10-13-5-4-7-15(22)9-13)20(31)28-17(19(26)30)11-14-6-2-3-8-16(14)21(23,24)25/h2-9,17-18H,10-11H2,1H3,(H2,26,30)(H,27,29)(H,28,31)/t17-,18-/m1/s1. The maximum atomic E-state index is 13.4. The summed E-state index contributed by atoms with van der Waals surface area (Å²) in [4.78, 5) is 36.0. The van der Waals surface area contributed by atoms with E-state index in [1.165, 1.54) is 42.5 Å². The average molecular weight is 439 g/mol. The van der Waals surface area contributed by atoms with Gasteiger partial charge in [-0.15, -0.1) is 0 Å². The number of primary amides is 1. The Morgan fingerprint density at radius 3 is 2.23 bits per heavy atom. The first-order valence-corrected chi connectivity index (χ1v) is 9.23. The third-order valence-corrected chi connectivity index (χ3v) is 4.43. The fraction of sp³-hybridized carbons (Fsp3) is 0.286. The van der Waals surface area contributed by atoms with Gasteiger partial charge in [-0.25, -0.2) is 4.39 Å². The van der Waals surface area contributed by atoms with E-state index in [4.69, 9.17) is 5.73 Å². The molecule has 3 amide bonds. The molecule has 0 spiro atoms. The lowest BCUT2D eigenvalue weighted by Gasteiger charge is -2.23. The van der Waals surface area contributed by atoms with Crippen LogP contribution in [0.2, 0.25) is 0 Å². The molecule has 0 heterocycles. The maximum absolute atomic E-state index is 13.4. The zero-order valence-electron chi connectivity index (χ0n) is 16.5. The molecule has 10 heteroatoms. The van der Waals surface area contributed by atoms with Crippen LogP contribution in [0.3, 0.4) is 0 Å². The number of hydrogen-bond acceptors (Lipinski definition) is 3. The van der Waals surface area contributed by atoms with Crippen molar-refractivity contribution in [1.82, 2.24) is 10.6 Å². The Morgan fingerprint density at radius 1 is 0.968 bits per heavy atom. The van der Waals surface area contributed by atoms with E-state index in [9.17, 15) is 31.9 Å². The van der Waals surface area contributed by atoms with Gasteiger partial charge < -0.3 is 16.4 Å². The molecule has 0 unspecified atom stereocenters. The minimum absolute atomic E-state index is 0.103. The summed E-state index contributed by atoms with van der Waals surface area (Å²) in [6, 6.07) is 7.31. The Balaban J connectivity index is 2.23. The lowest BCUT2D eigenvalue weighted by atomic mass is 9.98. The van der Waals surface area contributed by atoms with Crippen molar-refractivity contribution in [2.45, 2.75) is 38.0 Å². The minimum atomic E-state index is -4.65. The Morgan fingerprint density at radius 2 is 1.65 bits per heavy atom. The van der Waals surface area contributed by atoms with Crippen molar-refractivity contribution in [1.29, 1.82) is 0 Å². The fourth-order valence-corrected chi connectivity index (χ4v) is 3.04. The molecule has 0 bridgehead atoms. The molecule has 0 radical (unpaired) electrons. The van der Waals surface area contributed by atoms with Crippen molar-refractivity contribution in [3.63, 3.8) is 0 Å². The van der Waals surface area contributed by atoms with E-state index in [2.05, 4.69) is 10.6 Å². The van der Waals surface area contributed by atoms with Crippen molar-refractivity contribution in [3.8, 4) is 0 Å². The molecule has 0 aromatic heterocycles. The summed E-state index contributed by atoms with van der Waals surface area (Å²) in [6.07, 6.45) is -5.25. The molecule has 31 heavy (non-hydrogen) atoms. The van der Waals surface area contributed by atoms with E-state index in [-0.39, 0.29) is 12.0 Å². The van der Waals surface area contributed by atoms with Gasteiger partial charge in [-0.1, -0.05) is 30.3 Å². The summed E-state index contributed by atoms with van der Waals surface area (Å²) in [7, 11) is 0. The second-order valence-corrected chi connectivity index (χ2v) is 6.91. The van der Waals surface area contributed by atoms with Gasteiger partial charge in [0.1, 0.15) is 17.9 Å². The molecule has 2 aromatic carbocycles. The minimum Gasteiger partial charge on any atom is -0.368 e. The fourth-order valence-electron chi connectivity index (χ4n) is 3.04. The van der Waals surface area contributed by atoms with Gasteiger partial charge in [0.15, 0.2) is 0 Å². The van der Waals surface area contributed by atoms with Crippen LogP contribution in [0, 0.1) is 5.82 Å². The highest BCUT2D eigenvalue weighted by Crippen LogP contribution is 2.32. The van der Waals surface area contributed by atoms with Crippen molar-refractivity contribution in [2.24, 2.45) is 5.73 Å². The van der Waals surface area contributed by atoms with Gasteiger partial charge in [0.2, 0.25) is 17.7 Å². The molecule has 0 saturated heterocycles. The van der Waals surface area contributed by atoms with E-state index in [0.29, 0.717) is 5.56 Å². The van der Waals surface area contributed by atoms with Crippen LogP contribution in [0.5, 0.6) is 0 Å². The van der Waals surface area contributed by atoms with E-state index in [0.717, 1.165) is 13.0 Å². The third kappa shape index (κ3) is 7.09. The molecule has 0 aliphatic carbocycles. The molecule has 0 saturated carbocycles. The van der Waals surface area contributed by atoms with Crippen LogP contribution >= 0.6 is 0 Å². The topological polar surface area (TPSA) is 101 Å². The number of carbonyl (C=O) groups is 3. The third-order valence-electron chi connectivity index (χ3n) is 4.43. The number of halogens is 4. The molecule has 4 N–H and O–H groups in total. The van der Waals surface area contributed by atoms with Crippen molar-refractivity contribution in [2.75, 3.05) is 0 Å². The first-order chi connectivity index (χ1) is 14.5. The van der Waals surface area contributed by atoms with Gasteiger partial charge in [-0.2, -0.15) is 13.2 Å². The summed E-state index contributed by atoms with van der Waals surface area (Å²) < 4.78 is 53.1. The normalized spacial score (nSPS) is 13.2. The number of nitrogens with two attached hydrogens (primary N) is 1. The zero-order chi connectivity index (χ0) is 23.2. The predicted molar refractivity (Wildman–Crippen MR) is 104 cm³/mol. The van der Waals surface area contributed by atoms with Crippen LogP contribution in [0.15, 0.2) is 48.5 Å².